The molecule has 1 heterocycles. The third kappa shape index (κ3) is 7.53. The minimum absolute atomic E-state index is 0.0557. The number of H-pyrrole nitrogens is 1. The average Bonchev–Trinajstić information content (AvgIpc) is 3.25. The molecule has 3 amide bonds. The molecule has 2 rings (SSSR count). The number of carboxylic acids is 1. The molecule has 0 atom stereocenters. The van der Waals surface area contributed by atoms with Crippen LogP contribution < -0.4 is 11.1 Å². The second kappa shape index (κ2) is 13.4. The molecule has 0 aliphatic heterocycles. The van der Waals surface area contributed by atoms with Gasteiger partial charge in [-0.25, -0.2) is 24.3 Å². The second-order valence-electron chi connectivity index (χ2n) is 7.77. The Morgan fingerprint density at radius 1 is 1.13 bits per heavy atom. The molecular formula is C25H29N5O8. The number of aliphatic imine (C=N–C) groups is 1. The van der Waals surface area contributed by atoms with Crippen molar-refractivity contribution in [3.05, 3.63) is 64.5 Å². The number of benzene rings is 1. The Morgan fingerprint density at radius 3 is 2.47 bits per heavy atom. The quantitative estimate of drug-likeness (QED) is 0.118. The zero-order valence-corrected chi connectivity index (χ0v) is 21.4. The van der Waals surface area contributed by atoms with Gasteiger partial charge in [0.15, 0.2) is 0 Å². The molecule has 1 aromatic heterocycles. The molecule has 202 valence electrons. The Hall–Kier alpha value is -4.94. The molecule has 0 fully saturated rings. The van der Waals surface area contributed by atoms with Crippen molar-refractivity contribution in [2.75, 3.05) is 19.9 Å². The number of imide groups is 1. The van der Waals surface area contributed by atoms with Gasteiger partial charge in [-0.15, -0.1) is 0 Å². The van der Waals surface area contributed by atoms with Gasteiger partial charge in [-0.05, 0) is 51.0 Å². The molecule has 0 saturated carbocycles. The number of aryl methyl sites for hydroxylation is 1. The fourth-order valence-electron chi connectivity index (χ4n) is 3.21. The lowest BCUT2D eigenvalue weighted by Gasteiger charge is -2.18. The van der Waals surface area contributed by atoms with Gasteiger partial charge in [0.2, 0.25) is 6.79 Å². The third-order valence-electron chi connectivity index (χ3n) is 5.20. The summed E-state index contributed by atoms with van der Waals surface area (Å²) in [4.78, 5) is 67.5. The number of rotatable bonds is 10. The smallest absolute Gasteiger partial charge is 0.419 e. The van der Waals surface area contributed by atoms with Crippen molar-refractivity contribution in [3.8, 4) is 0 Å². The normalized spacial score (nSPS) is 11.2. The van der Waals surface area contributed by atoms with E-state index in [2.05, 4.69) is 20.0 Å². The van der Waals surface area contributed by atoms with Gasteiger partial charge in [0.25, 0.3) is 11.8 Å². The van der Waals surface area contributed by atoms with E-state index in [1.807, 2.05) is 13.8 Å². The van der Waals surface area contributed by atoms with Crippen LogP contribution in [-0.2, 0) is 19.1 Å². The third-order valence-corrected chi connectivity index (χ3v) is 5.20. The summed E-state index contributed by atoms with van der Waals surface area (Å²) >= 11 is 0. The Balaban J connectivity index is 2.18. The minimum Gasteiger partial charge on any atom is -0.478 e. The van der Waals surface area contributed by atoms with Gasteiger partial charge in [0, 0.05) is 37.0 Å². The van der Waals surface area contributed by atoms with Gasteiger partial charge in [0.05, 0.1) is 16.9 Å². The number of aliphatic carboxylic acids is 1. The van der Waals surface area contributed by atoms with Crippen LogP contribution in [0.2, 0.25) is 0 Å². The minimum atomic E-state index is -1.35. The first-order valence-corrected chi connectivity index (χ1v) is 11.5. The Labute approximate surface area is 218 Å². The van der Waals surface area contributed by atoms with Crippen LogP contribution in [0, 0.1) is 13.8 Å². The number of nitrogens with two attached hydrogens (primary N) is 1. The highest BCUT2D eigenvalue weighted by Crippen LogP contribution is 2.23. The fraction of sp³-hybridized carbons (Fsp3) is 0.280. The van der Waals surface area contributed by atoms with Gasteiger partial charge in [-0.1, -0.05) is 6.07 Å². The lowest BCUT2D eigenvalue weighted by Crippen LogP contribution is -2.37. The molecule has 0 spiro atoms. The molecule has 2 aromatic rings. The van der Waals surface area contributed by atoms with E-state index < -0.39 is 30.7 Å². The van der Waals surface area contributed by atoms with Crippen molar-refractivity contribution in [1.29, 1.82) is 0 Å². The Bertz CT molecular complexity index is 1290. The standard InChI is InChI=1S/C25H29N5O8/c1-5-27-23(34)16-8-7-14(3)18(11-16)29-22(26)21-15(4)17(12-28-21)24(35)30(6-2)25(36)38-13-37-20(33)10-9-19(31)32/h7-12,28H,5-6,13H2,1-4H3,(H2,26,29)(H,27,34)(H,31,32)/b10-9+. The zero-order valence-electron chi connectivity index (χ0n) is 21.4. The molecule has 13 heteroatoms. The van der Waals surface area contributed by atoms with Gasteiger partial charge >= 0.3 is 18.0 Å². The van der Waals surface area contributed by atoms with Crippen molar-refractivity contribution in [2.24, 2.45) is 10.7 Å². The maximum atomic E-state index is 13.0. The largest absolute Gasteiger partial charge is 0.478 e. The van der Waals surface area contributed by atoms with Crippen LogP contribution in [0.4, 0.5) is 10.5 Å². The number of nitrogens with zero attached hydrogens (tertiary/aromatic N) is 2. The van der Waals surface area contributed by atoms with Crippen molar-refractivity contribution >= 4 is 41.4 Å². The number of amides is 3. The summed E-state index contributed by atoms with van der Waals surface area (Å²) < 4.78 is 9.37. The molecule has 1 aromatic carbocycles. The summed E-state index contributed by atoms with van der Waals surface area (Å²) in [5, 5.41) is 11.2. The van der Waals surface area contributed by atoms with Crippen LogP contribution in [0.25, 0.3) is 0 Å². The number of esters is 1. The van der Waals surface area contributed by atoms with E-state index in [1.54, 1.807) is 32.0 Å². The number of aromatic nitrogens is 1. The van der Waals surface area contributed by atoms with Crippen LogP contribution in [0.3, 0.4) is 0 Å². The maximum Gasteiger partial charge on any atom is 0.419 e. The predicted molar refractivity (Wildman–Crippen MR) is 136 cm³/mol. The monoisotopic (exact) mass is 527 g/mol. The summed E-state index contributed by atoms with van der Waals surface area (Å²) in [7, 11) is 0. The lowest BCUT2D eigenvalue weighted by atomic mass is 10.1. The first-order valence-electron chi connectivity index (χ1n) is 11.5. The molecular weight excluding hydrogens is 498 g/mol. The highest BCUT2D eigenvalue weighted by molar-refractivity contribution is 6.07. The first kappa shape index (κ1) is 29.3. The number of hydrogen-bond acceptors (Lipinski definition) is 8. The fourth-order valence-corrected chi connectivity index (χ4v) is 3.21. The SMILES string of the molecule is CCNC(=O)c1ccc(C)c(N=C(N)c2[nH]cc(C(=O)N(CC)C(=O)OCOC(=O)/C=C/C(=O)O)c2C)c1. The molecule has 0 unspecified atom stereocenters. The number of nitrogens with one attached hydrogen (secondary N) is 2. The molecule has 13 nitrogen and oxygen atoms in total. The van der Waals surface area contributed by atoms with Crippen LogP contribution in [0.1, 0.15) is 51.4 Å². The van der Waals surface area contributed by atoms with E-state index in [0.717, 1.165) is 10.5 Å². The molecule has 0 aliphatic rings. The van der Waals surface area contributed by atoms with Crippen molar-refractivity contribution < 1.29 is 38.6 Å². The molecule has 0 bridgehead atoms. The number of ether oxygens (including phenoxy) is 2. The number of aromatic amines is 1. The molecule has 0 saturated heterocycles. The molecule has 0 radical (unpaired) electrons. The number of hydrogen-bond donors (Lipinski definition) is 4. The van der Waals surface area contributed by atoms with Gasteiger partial charge in [-0.3, -0.25) is 9.59 Å². The van der Waals surface area contributed by atoms with Crippen LogP contribution in [-0.4, -0.2) is 70.6 Å². The van der Waals surface area contributed by atoms with Gasteiger partial charge in [-0.2, -0.15) is 0 Å². The van der Waals surface area contributed by atoms with Crippen molar-refractivity contribution in [2.45, 2.75) is 27.7 Å². The first-order chi connectivity index (χ1) is 18.0. The molecule has 38 heavy (non-hydrogen) atoms. The van der Waals surface area contributed by atoms with E-state index >= 15 is 0 Å². The maximum absolute atomic E-state index is 13.0. The number of carbonyl (C=O) groups excluding carboxylic acids is 4. The topological polar surface area (TPSA) is 193 Å². The second-order valence-corrected chi connectivity index (χ2v) is 7.77. The van der Waals surface area contributed by atoms with Crippen LogP contribution >= 0.6 is 0 Å². The van der Waals surface area contributed by atoms with Gasteiger partial charge in [0.1, 0.15) is 5.84 Å². The Morgan fingerprint density at radius 2 is 1.84 bits per heavy atom. The van der Waals surface area contributed by atoms with Crippen LogP contribution in [0.15, 0.2) is 41.5 Å². The van der Waals surface area contributed by atoms with Crippen molar-refractivity contribution in [1.82, 2.24) is 15.2 Å². The lowest BCUT2D eigenvalue weighted by molar-refractivity contribution is -0.146. The molecule has 0 aliphatic carbocycles. The summed E-state index contributed by atoms with van der Waals surface area (Å²) in [6, 6.07) is 5.03. The summed E-state index contributed by atoms with van der Waals surface area (Å²) in [5.74, 6) is -3.27. The highest BCUT2D eigenvalue weighted by atomic mass is 16.7. The van der Waals surface area contributed by atoms with E-state index in [4.69, 9.17) is 15.6 Å². The highest BCUT2D eigenvalue weighted by Gasteiger charge is 2.26. The summed E-state index contributed by atoms with van der Waals surface area (Å²) in [5.41, 5.74) is 8.78. The van der Waals surface area contributed by atoms with Gasteiger partial charge < -0.3 is 30.6 Å². The van der Waals surface area contributed by atoms with Crippen molar-refractivity contribution in [3.63, 3.8) is 0 Å². The average molecular weight is 528 g/mol. The Kier molecular flexibility index (Phi) is 10.3. The summed E-state index contributed by atoms with van der Waals surface area (Å²) in [6.07, 6.45) is 1.51. The zero-order chi connectivity index (χ0) is 28.4. The summed E-state index contributed by atoms with van der Waals surface area (Å²) in [6.45, 7) is 6.39. The van der Waals surface area contributed by atoms with E-state index in [9.17, 15) is 24.0 Å². The van der Waals surface area contributed by atoms with E-state index in [0.29, 0.717) is 41.2 Å². The molecule has 5 N–H and O–H groups in total. The van der Waals surface area contributed by atoms with E-state index in [1.165, 1.54) is 6.20 Å². The number of carboxylic acid groups (broad SMARTS) is 1. The van der Waals surface area contributed by atoms with E-state index in [-0.39, 0.29) is 23.9 Å². The predicted octanol–water partition coefficient (Wildman–Crippen LogP) is 2.16. The van der Waals surface area contributed by atoms with Crippen LogP contribution in [0.5, 0.6) is 0 Å². The number of amidine groups is 1. The number of carbonyl (C=O) groups is 5.